The molecule has 8 nitrogen and oxygen atoms in total. The lowest BCUT2D eigenvalue weighted by Gasteiger charge is -2.39. The number of fused-ring (bicyclic) bond motifs is 2. The van der Waals surface area contributed by atoms with E-state index in [1.54, 1.807) is 31.5 Å². The number of nitrogens with zero attached hydrogens (tertiary/aromatic N) is 2. The van der Waals surface area contributed by atoms with Crippen molar-refractivity contribution >= 4 is 17.7 Å². The van der Waals surface area contributed by atoms with Crippen LogP contribution in [0.15, 0.2) is 42.6 Å². The molecule has 31 heavy (non-hydrogen) atoms. The summed E-state index contributed by atoms with van der Waals surface area (Å²) in [5.41, 5.74) is 0.437. The molecule has 1 saturated heterocycles. The Hall–Kier alpha value is -3.29. The number of rotatable bonds is 7. The number of hydrogen-bond donors (Lipinski definition) is 1. The predicted octanol–water partition coefficient (Wildman–Crippen LogP) is 2.29. The van der Waals surface area contributed by atoms with E-state index in [9.17, 15) is 9.59 Å². The molecule has 2 fully saturated rings. The van der Waals surface area contributed by atoms with Crippen molar-refractivity contribution in [3.8, 4) is 11.5 Å². The van der Waals surface area contributed by atoms with Crippen molar-refractivity contribution in [2.45, 2.75) is 18.9 Å². The summed E-state index contributed by atoms with van der Waals surface area (Å²) in [4.78, 5) is 30.8. The first-order valence-electron chi connectivity index (χ1n) is 10.4. The number of carbonyl (C=O) groups is 2. The minimum Gasteiger partial charge on any atom is -0.497 e. The lowest BCUT2D eigenvalue weighted by atomic mass is 9.92. The van der Waals surface area contributed by atoms with Gasteiger partial charge in [0.25, 0.3) is 5.91 Å². The summed E-state index contributed by atoms with van der Waals surface area (Å²) in [5, 5.41) is 3.18. The third kappa shape index (κ3) is 4.73. The summed E-state index contributed by atoms with van der Waals surface area (Å²) in [5.74, 6) is 2.36. The third-order valence-electron chi connectivity index (χ3n) is 6.07. The van der Waals surface area contributed by atoms with E-state index >= 15 is 0 Å². The molecule has 1 N–H and O–H groups in total. The number of carbonyl (C=O) groups excluding carboxylic acids is 2. The van der Waals surface area contributed by atoms with E-state index in [-0.39, 0.29) is 18.6 Å². The molecule has 2 bridgehead atoms. The SMILES string of the molecule is COC(=O)c1ccc(N2C[C@H]3CC[C@@H](C2)C3NC(=O)COc2cccc(OC)c2)nc1. The molecule has 164 valence electrons. The first-order chi connectivity index (χ1) is 15.1. The molecule has 1 aromatic carbocycles. The maximum Gasteiger partial charge on any atom is 0.339 e. The third-order valence-corrected chi connectivity index (χ3v) is 6.07. The van der Waals surface area contributed by atoms with E-state index < -0.39 is 5.97 Å². The zero-order valence-electron chi connectivity index (χ0n) is 17.7. The lowest BCUT2D eigenvalue weighted by molar-refractivity contribution is -0.124. The van der Waals surface area contributed by atoms with Crippen LogP contribution in [0.2, 0.25) is 0 Å². The summed E-state index contributed by atoms with van der Waals surface area (Å²) in [6, 6.07) is 11.0. The fraction of sp³-hybridized carbons (Fsp3) is 0.435. The van der Waals surface area contributed by atoms with Gasteiger partial charge in [-0.05, 0) is 48.9 Å². The Balaban J connectivity index is 1.32. The Bertz CT molecular complexity index is 919. The number of ether oxygens (including phenoxy) is 3. The molecule has 0 radical (unpaired) electrons. The maximum absolute atomic E-state index is 12.5. The Kier molecular flexibility index (Phi) is 6.25. The van der Waals surface area contributed by atoms with Crippen LogP contribution in [0.1, 0.15) is 23.2 Å². The van der Waals surface area contributed by atoms with Crippen LogP contribution in [0.25, 0.3) is 0 Å². The number of hydrogen-bond acceptors (Lipinski definition) is 7. The molecule has 1 amide bonds. The lowest BCUT2D eigenvalue weighted by Crippen LogP contribution is -2.53. The van der Waals surface area contributed by atoms with E-state index in [1.165, 1.54) is 7.11 Å². The van der Waals surface area contributed by atoms with Gasteiger partial charge in [-0.3, -0.25) is 4.79 Å². The van der Waals surface area contributed by atoms with Gasteiger partial charge in [-0.25, -0.2) is 9.78 Å². The number of aromatic nitrogens is 1. The van der Waals surface area contributed by atoms with Crippen LogP contribution in [0.3, 0.4) is 0 Å². The zero-order valence-corrected chi connectivity index (χ0v) is 17.7. The molecule has 8 heteroatoms. The van der Waals surface area contributed by atoms with Crippen LogP contribution in [-0.2, 0) is 9.53 Å². The molecule has 1 saturated carbocycles. The molecule has 4 rings (SSSR count). The van der Waals surface area contributed by atoms with Gasteiger partial charge in [-0.2, -0.15) is 0 Å². The second-order valence-corrected chi connectivity index (χ2v) is 7.96. The van der Waals surface area contributed by atoms with Gasteiger partial charge in [0.05, 0.1) is 19.8 Å². The summed E-state index contributed by atoms with van der Waals surface area (Å²) >= 11 is 0. The first kappa shape index (κ1) is 21.0. The van der Waals surface area contributed by atoms with Gasteiger partial charge < -0.3 is 24.4 Å². The molecule has 3 atom stereocenters. The van der Waals surface area contributed by atoms with Crippen molar-refractivity contribution in [3.05, 3.63) is 48.2 Å². The van der Waals surface area contributed by atoms with Crippen LogP contribution in [0.4, 0.5) is 5.82 Å². The normalized spacial score (nSPS) is 22.0. The smallest absolute Gasteiger partial charge is 0.339 e. The molecule has 2 aromatic rings. The Morgan fingerprint density at radius 2 is 1.84 bits per heavy atom. The number of piperidine rings is 1. The van der Waals surface area contributed by atoms with Crippen LogP contribution in [-0.4, -0.2) is 56.8 Å². The minimum absolute atomic E-state index is 0.0244. The van der Waals surface area contributed by atoms with Crippen molar-refractivity contribution in [1.29, 1.82) is 0 Å². The number of nitrogens with one attached hydrogen (secondary N) is 1. The van der Waals surface area contributed by atoms with Crippen molar-refractivity contribution in [1.82, 2.24) is 10.3 Å². The summed E-state index contributed by atoms with van der Waals surface area (Å²) in [6.45, 7) is 1.62. The van der Waals surface area contributed by atoms with E-state index in [2.05, 4.69) is 15.2 Å². The van der Waals surface area contributed by atoms with Gasteiger partial charge >= 0.3 is 5.97 Å². The van der Waals surface area contributed by atoms with Crippen molar-refractivity contribution in [2.24, 2.45) is 11.8 Å². The van der Waals surface area contributed by atoms with Crippen LogP contribution in [0, 0.1) is 11.8 Å². The number of anilines is 1. The fourth-order valence-corrected chi connectivity index (χ4v) is 4.52. The summed E-state index contributed by atoms with van der Waals surface area (Å²) < 4.78 is 15.5. The standard InChI is InChI=1S/C23H27N3O5/c1-29-18-4-3-5-19(10-18)31-14-21(27)25-22-16-6-7-17(22)13-26(12-16)20-9-8-15(11-24-20)23(28)30-2/h3-5,8-11,16-17,22H,6-7,12-14H2,1-2H3,(H,25,27)/t16-,17+,22?. The predicted molar refractivity (Wildman–Crippen MR) is 114 cm³/mol. The monoisotopic (exact) mass is 425 g/mol. The number of benzene rings is 1. The van der Waals surface area contributed by atoms with E-state index in [1.807, 2.05) is 18.2 Å². The largest absolute Gasteiger partial charge is 0.497 e. The van der Waals surface area contributed by atoms with Gasteiger partial charge in [0.2, 0.25) is 0 Å². The van der Waals surface area contributed by atoms with Crippen LogP contribution >= 0.6 is 0 Å². The van der Waals surface area contributed by atoms with Gasteiger partial charge in [0.1, 0.15) is 17.3 Å². The highest BCUT2D eigenvalue weighted by Gasteiger charge is 2.43. The number of methoxy groups -OCH3 is 2. The molecule has 2 heterocycles. The van der Waals surface area contributed by atoms with E-state index in [4.69, 9.17) is 14.2 Å². The average Bonchev–Trinajstić information content (AvgIpc) is 3.03. The van der Waals surface area contributed by atoms with E-state index in [0.29, 0.717) is 28.9 Å². The van der Waals surface area contributed by atoms with Crippen molar-refractivity contribution in [3.63, 3.8) is 0 Å². The first-order valence-corrected chi connectivity index (χ1v) is 10.4. The molecule has 1 aliphatic heterocycles. The van der Waals surface area contributed by atoms with Gasteiger partial charge in [-0.15, -0.1) is 0 Å². The highest BCUT2D eigenvalue weighted by atomic mass is 16.5. The van der Waals surface area contributed by atoms with Gasteiger partial charge in [-0.1, -0.05) is 6.07 Å². The number of esters is 1. The molecule has 0 spiro atoms. The van der Waals surface area contributed by atoms with Gasteiger partial charge in [0.15, 0.2) is 6.61 Å². The summed E-state index contributed by atoms with van der Waals surface area (Å²) in [6.07, 6.45) is 3.69. The minimum atomic E-state index is -0.392. The van der Waals surface area contributed by atoms with Crippen LogP contribution in [0.5, 0.6) is 11.5 Å². The van der Waals surface area contributed by atoms with Crippen LogP contribution < -0.4 is 19.7 Å². The van der Waals surface area contributed by atoms with E-state index in [0.717, 1.165) is 31.7 Å². The number of amides is 1. The van der Waals surface area contributed by atoms with Gasteiger partial charge in [0, 0.05) is 31.4 Å². The topological polar surface area (TPSA) is 90.0 Å². The highest BCUT2D eigenvalue weighted by molar-refractivity contribution is 5.89. The summed E-state index contributed by atoms with van der Waals surface area (Å²) in [7, 11) is 2.95. The quantitative estimate of drug-likeness (QED) is 0.681. The maximum atomic E-state index is 12.5. The molecule has 1 unspecified atom stereocenters. The second-order valence-electron chi connectivity index (χ2n) is 7.96. The Morgan fingerprint density at radius 1 is 1.10 bits per heavy atom. The second kappa shape index (κ2) is 9.24. The fourth-order valence-electron chi connectivity index (χ4n) is 4.52. The van der Waals surface area contributed by atoms with Crippen molar-refractivity contribution in [2.75, 3.05) is 38.8 Å². The Labute approximate surface area is 181 Å². The molecule has 1 aromatic heterocycles. The zero-order chi connectivity index (χ0) is 21.8. The Morgan fingerprint density at radius 3 is 2.48 bits per heavy atom. The highest BCUT2D eigenvalue weighted by Crippen LogP contribution is 2.38. The van der Waals surface area contributed by atoms with Crippen molar-refractivity contribution < 1.29 is 23.8 Å². The number of pyridine rings is 1. The average molecular weight is 425 g/mol. The molecule has 2 aliphatic rings. The molecular formula is C23H27N3O5. The molecule has 1 aliphatic carbocycles. The molecular weight excluding hydrogens is 398 g/mol.